The number of aryl methyl sites for hydroxylation is 1. The Balaban J connectivity index is 1.40. The van der Waals surface area contributed by atoms with Crippen LogP contribution in [0.4, 0.5) is 4.39 Å². The largest absolute Gasteiger partial charge is 0.508 e. The smallest absolute Gasteiger partial charge is 0.193 e. The second kappa shape index (κ2) is 10.8. The fourth-order valence-electron chi connectivity index (χ4n) is 3.67. The van der Waals surface area contributed by atoms with Crippen molar-refractivity contribution in [2.24, 2.45) is 4.99 Å². The van der Waals surface area contributed by atoms with Crippen LogP contribution in [0.1, 0.15) is 17.5 Å². The lowest BCUT2D eigenvalue weighted by atomic mass is 10.1. The van der Waals surface area contributed by atoms with Gasteiger partial charge in [0.25, 0.3) is 0 Å². The SMILES string of the molecule is CN=C(NCCCc1ccc(O)cc1)N1CCN(Cc2ccc(OC)c(F)c2)CC1. The van der Waals surface area contributed by atoms with Gasteiger partial charge in [-0.1, -0.05) is 18.2 Å². The van der Waals surface area contributed by atoms with E-state index in [0.29, 0.717) is 5.75 Å². The predicted molar refractivity (Wildman–Crippen MR) is 118 cm³/mol. The number of rotatable bonds is 7. The number of nitrogens with zero attached hydrogens (tertiary/aromatic N) is 3. The topological polar surface area (TPSA) is 60.3 Å². The molecule has 0 aliphatic carbocycles. The zero-order valence-corrected chi connectivity index (χ0v) is 17.8. The van der Waals surface area contributed by atoms with E-state index in [2.05, 4.69) is 20.1 Å². The lowest BCUT2D eigenvalue weighted by Crippen LogP contribution is -2.52. The van der Waals surface area contributed by atoms with Gasteiger partial charge < -0.3 is 20.1 Å². The van der Waals surface area contributed by atoms with Crippen LogP contribution in [0.3, 0.4) is 0 Å². The van der Waals surface area contributed by atoms with Gasteiger partial charge in [-0.2, -0.15) is 0 Å². The van der Waals surface area contributed by atoms with Crippen molar-refractivity contribution in [1.29, 1.82) is 0 Å². The molecule has 0 saturated carbocycles. The quantitative estimate of drug-likeness (QED) is 0.415. The predicted octanol–water partition coefficient (Wildman–Crippen LogP) is 2.87. The number of hydrogen-bond donors (Lipinski definition) is 2. The third kappa shape index (κ3) is 6.10. The van der Waals surface area contributed by atoms with Gasteiger partial charge in [-0.15, -0.1) is 0 Å². The van der Waals surface area contributed by atoms with Crippen LogP contribution in [0.2, 0.25) is 0 Å². The number of guanidine groups is 1. The summed E-state index contributed by atoms with van der Waals surface area (Å²) in [6.45, 7) is 5.16. The van der Waals surface area contributed by atoms with Crippen molar-refractivity contribution in [2.75, 3.05) is 46.9 Å². The number of aromatic hydroxyl groups is 1. The molecule has 0 atom stereocenters. The number of aliphatic imine (C=N–C) groups is 1. The molecule has 2 N–H and O–H groups in total. The number of benzene rings is 2. The van der Waals surface area contributed by atoms with E-state index in [1.807, 2.05) is 25.2 Å². The number of halogens is 1. The average molecular weight is 415 g/mol. The molecule has 0 bridgehead atoms. The van der Waals surface area contributed by atoms with Gasteiger partial charge in [-0.25, -0.2) is 4.39 Å². The summed E-state index contributed by atoms with van der Waals surface area (Å²) in [5.41, 5.74) is 2.17. The molecular weight excluding hydrogens is 383 g/mol. The van der Waals surface area contributed by atoms with E-state index in [4.69, 9.17) is 4.74 Å². The lowest BCUT2D eigenvalue weighted by Gasteiger charge is -2.36. The highest BCUT2D eigenvalue weighted by Gasteiger charge is 2.19. The molecule has 3 rings (SSSR count). The first-order valence-electron chi connectivity index (χ1n) is 10.4. The van der Waals surface area contributed by atoms with Crippen LogP contribution in [0.25, 0.3) is 0 Å². The molecule has 0 unspecified atom stereocenters. The maximum atomic E-state index is 13.9. The number of ether oxygens (including phenoxy) is 1. The normalized spacial score (nSPS) is 15.3. The first kappa shape index (κ1) is 21.9. The first-order chi connectivity index (χ1) is 14.6. The molecule has 0 amide bonds. The second-order valence-corrected chi connectivity index (χ2v) is 7.48. The molecule has 0 radical (unpaired) electrons. The number of phenolic OH excluding ortho intramolecular Hbond substituents is 1. The maximum Gasteiger partial charge on any atom is 0.193 e. The number of phenols is 1. The van der Waals surface area contributed by atoms with Gasteiger partial charge in [-0.3, -0.25) is 9.89 Å². The molecule has 1 aliphatic rings. The molecule has 1 aliphatic heterocycles. The first-order valence-corrected chi connectivity index (χ1v) is 10.4. The van der Waals surface area contributed by atoms with Crippen molar-refractivity contribution in [3.8, 4) is 11.5 Å². The fourth-order valence-corrected chi connectivity index (χ4v) is 3.67. The minimum absolute atomic E-state index is 0.281. The van der Waals surface area contributed by atoms with Gasteiger partial charge in [-0.05, 0) is 48.2 Å². The molecule has 30 heavy (non-hydrogen) atoms. The molecular formula is C23H31FN4O2. The van der Waals surface area contributed by atoms with E-state index in [1.165, 1.54) is 12.7 Å². The van der Waals surface area contributed by atoms with E-state index in [-0.39, 0.29) is 11.6 Å². The van der Waals surface area contributed by atoms with Gasteiger partial charge in [0.05, 0.1) is 7.11 Å². The molecule has 2 aromatic carbocycles. The minimum atomic E-state index is -0.314. The Hall–Kier alpha value is -2.80. The zero-order valence-electron chi connectivity index (χ0n) is 17.8. The van der Waals surface area contributed by atoms with Crippen LogP contribution in [0.5, 0.6) is 11.5 Å². The lowest BCUT2D eigenvalue weighted by molar-refractivity contribution is 0.172. The fraction of sp³-hybridized carbons (Fsp3) is 0.435. The van der Waals surface area contributed by atoms with Crippen LogP contribution >= 0.6 is 0 Å². The number of methoxy groups -OCH3 is 1. The third-order valence-electron chi connectivity index (χ3n) is 5.37. The maximum absolute atomic E-state index is 13.9. The Labute approximate surface area is 178 Å². The summed E-state index contributed by atoms with van der Waals surface area (Å²) < 4.78 is 18.9. The average Bonchev–Trinajstić information content (AvgIpc) is 2.76. The van der Waals surface area contributed by atoms with Crippen LogP contribution in [-0.4, -0.2) is 67.7 Å². The van der Waals surface area contributed by atoms with Gasteiger partial charge in [0.15, 0.2) is 17.5 Å². The zero-order chi connectivity index (χ0) is 21.3. The molecule has 162 valence electrons. The molecule has 7 heteroatoms. The van der Waals surface area contributed by atoms with E-state index in [1.54, 1.807) is 24.3 Å². The van der Waals surface area contributed by atoms with Crippen molar-refractivity contribution < 1.29 is 14.2 Å². The molecule has 2 aromatic rings. The van der Waals surface area contributed by atoms with Crippen molar-refractivity contribution in [1.82, 2.24) is 15.1 Å². The van der Waals surface area contributed by atoms with E-state index < -0.39 is 0 Å². The number of nitrogens with one attached hydrogen (secondary N) is 1. The number of piperazine rings is 1. The summed E-state index contributed by atoms with van der Waals surface area (Å²) >= 11 is 0. The molecule has 1 fully saturated rings. The molecule has 1 saturated heterocycles. The van der Waals surface area contributed by atoms with Crippen molar-refractivity contribution in [3.63, 3.8) is 0 Å². The van der Waals surface area contributed by atoms with Gasteiger partial charge in [0, 0.05) is 46.3 Å². The summed E-state index contributed by atoms with van der Waals surface area (Å²) in [4.78, 5) is 9.02. The summed E-state index contributed by atoms with van der Waals surface area (Å²) in [6.07, 6.45) is 1.95. The summed E-state index contributed by atoms with van der Waals surface area (Å²) in [7, 11) is 3.29. The van der Waals surface area contributed by atoms with Crippen LogP contribution < -0.4 is 10.1 Å². The van der Waals surface area contributed by atoms with Crippen LogP contribution in [-0.2, 0) is 13.0 Å². The highest BCUT2D eigenvalue weighted by Crippen LogP contribution is 2.19. The van der Waals surface area contributed by atoms with Crippen molar-refractivity contribution >= 4 is 5.96 Å². The third-order valence-corrected chi connectivity index (χ3v) is 5.37. The van der Waals surface area contributed by atoms with E-state index >= 15 is 0 Å². The van der Waals surface area contributed by atoms with Gasteiger partial charge in [0.1, 0.15) is 5.75 Å². The van der Waals surface area contributed by atoms with Crippen LogP contribution in [0, 0.1) is 5.82 Å². The Morgan fingerprint density at radius 3 is 2.43 bits per heavy atom. The van der Waals surface area contributed by atoms with Gasteiger partial charge in [0.2, 0.25) is 0 Å². The molecule has 0 aromatic heterocycles. The Morgan fingerprint density at radius 2 is 1.80 bits per heavy atom. The Morgan fingerprint density at radius 1 is 1.10 bits per heavy atom. The minimum Gasteiger partial charge on any atom is -0.508 e. The van der Waals surface area contributed by atoms with Crippen molar-refractivity contribution in [2.45, 2.75) is 19.4 Å². The standard InChI is InChI=1S/C23H31FN4O2/c1-25-23(26-11-3-4-18-5-8-20(29)9-6-18)28-14-12-27(13-15-28)17-19-7-10-22(30-2)21(24)16-19/h5-10,16,29H,3-4,11-15,17H2,1-2H3,(H,25,26). The summed E-state index contributed by atoms with van der Waals surface area (Å²) in [6, 6.07) is 12.5. The van der Waals surface area contributed by atoms with E-state index in [0.717, 1.165) is 63.6 Å². The molecule has 0 spiro atoms. The van der Waals surface area contributed by atoms with E-state index in [9.17, 15) is 9.50 Å². The van der Waals surface area contributed by atoms with Crippen LogP contribution in [0.15, 0.2) is 47.5 Å². The Bertz CT molecular complexity index is 834. The molecule has 1 heterocycles. The number of hydrogen-bond acceptors (Lipinski definition) is 4. The summed E-state index contributed by atoms with van der Waals surface area (Å²) in [5, 5.41) is 12.8. The summed E-state index contributed by atoms with van der Waals surface area (Å²) in [5.74, 6) is 1.19. The second-order valence-electron chi connectivity index (χ2n) is 7.48. The monoisotopic (exact) mass is 414 g/mol. The highest BCUT2D eigenvalue weighted by atomic mass is 19.1. The molecule has 6 nitrogen and oxygen atoms in total. The Kier molecular flexibility index (Phi) is 7.90. The highest BCUT2D eigenvalue weighted by molar-refractivity contribution is 5.79. The van der Waals surface area contributed by atoms with Gasteiger partial charge >= 0.3 is 0 Å². The van der Waals surface area contributed by atoms with Crippen molar-refractivity contribution in [3.05, 3.63) is 59.4 Å².